The summed E-state index contributed by atoms with van der Waals surface area (Å²) in [5.74, 6) is 0.403. The molecule has 0 aliphatic rings. The number of carbonyl (C=O) groups is 1. The van der Waals surface area contributed by atoms with Crippen LogP contribution in [0.3, 0.4) is 0 Å². The second-order valence-electron chi connectivity index (χ2n) is 4.28. The van der Waals surface area contributed by atoms with Crippen molar-refractivity contribution in [1.29, 1.82) is 0 Å². The fraction of sp³-hybridized carbons (Fsp3) is 0.0714. The number of thiazole rings is 1. The third-order valence-corrected chi connectivity index (χ3v) is 3.45. The normalized spacial score (nSPS) is 10.3. The topological polar surface area (TPSA) is 89.9 Å². The third kappa shape index (κ3) is 3.83. The molecule has 3 aromatic rings. The Hall–Kier alpha value is -2.94. The lowest BCUT2D eigenvalue weighted by Crippen LogP contribution is -2.13. The smallest absolute Gasteiger partial charge is 0.276 e. The molecule has 3 aromatic heterocycles. The van der Waals surface area contributed by atoms with Gasteiger partial charge in [0.1, 0.15) is 24.4 Å². The van der Waals surface area contributed by atoms with E-state index >= 15 is 0 Å². The number of anilines is 1. The van der Waals surface area contributed by atoms with Crippen LogP contribution in [-0.2, 0) is 6.67 Å². The lowest BCUT2D eigenvalue weighted by atomic mass is 10.3. The van der Waals surface area contributed by atoms with Crippen LogP contribution < -0.4 is 10.1 Å². The van der Waals surface area contributed by atoms with Crippen molar-refractivity contribution >= 4 is 22.4 Å². The first-order chi connectivity index (χ1) is 11.2. The minimum absolute atomic E-state index is 0.149. The first-order valence-electron chi connectivity index (χ1n) is 6.45. The zero-order valence-corrected chi connectivity index (χ0v) is 12.5. The third-order valence-electron chi connectivity index (χ3n) is 2.65. The van der Waals surface area contributed by atoms with Gasteiger partial charge in [0, 0.05) is 17.6 Å². The van der Waals surface area contributed by atoms with Crippen molar-refractivity contribution in [1.82, 2.24) is 19.9 Å². The molecule has 116 valence electrons. The van der Waals surface area contributed by atoms with Crippen molar-refractivity contribution in [3.8, 4) is 11.5 Å². The molecule has 0 saturated carbocycles. The molecule has 0 atom stereocenters. The number of carbonyl (C=O) groups excluding carboxylic acids is 1. The molecule has 0 unspecified atom stereocenters. The Labute approximate surface area is 134 Å². The maximum absolute atomic E-state index is 12.5. The second kappa shape index (κ2) is 6.88. The quantitative estimate of drug-likeness (QED) is 0.773. The molecule has 0 saturated heterocycles. The van der Waals surface area contributed by atoms with Crippen LogP contribution in [0.2, 0.25) is 0 Å². The summed E-state index contributed by atoms with van der Waals surface area (Å²) in [7, 11) is 0. The van der Waals surface area contributed by atoms with Crippen molar-refractivity contribution in [3.05, 3.63) is 53.8 Å². The first kappa shape index (κ1) is 15.0. The number of halogens is 1. The van der Waals surface area contributed by atoms with Crippen LogP contribution in [0.15, 0.2) is 42.4 Å². The Balaban J connectivity index is 1.72. The molecule has 3 heterocycles. The summed E-state index contributed by atoms with van der Waals surface area (Å²) in [5, 5.41) is 4.41. The highest BCUT2D eigenvalue weighted by Crippen LogP contribution is 2.21. The Morgan fingerprint density at radius 1 is 1.30 bits per heavy atom. The highest BCUT2D eigenvalue weighted by molar-refractivity contribution is 7.13. The van der Waals surface area contributed by atoms with Crippen molar-refractivity contribution in [2.45, 2.75) is 6.67 Å². The largest absolute Gasteiger partial charge is 0.454 e. The van der Waals surface area contributed by atoms with E-state index in [1.807, 2.05) is 0 Å². The van der Waals surface area contributed by atoms with Gasteiger partial charge in [0.25, 0.3) is 5.91 Å². The van der Waals surface area contributed by atoms with Crippen LogP contribution >= 0.6 is 11.3 Å². The molecular weight excluding hydrogens is 321 g/mol. The zero-order chi connectivity index (χ0) is 16.1. The SMILES string of the molecule is O=C(Nc1nc(CF)cs1)c1cc(Oc2cncnc2)ccn1. The number of amides is 1. The van der Waals surface area contributed by atoms with Crippen molar-refractivity contribution in [2.75, 3.05) is 5.32 Å². The summed E-state index contributed by atoms with van der Waals surface area (Å²) in [6.45, 7) is -0.674. The molecule has 3 rings (SSSR count). The molecule has 0 aliphatic heterocycles. The molecule has 9 heteroatoms. The molecule has 1 N–H and O–H groups in total. The monoisotopic (exact) mass is 331 g/mol. The summed E-state index contributed by atoms with van der Waals surface area (Å²) in [5.41, 5.74) is 0.427. The van der Waals surface area contributed by atoms with Gasteiger partial charge < -0.3 is 4.74 Å². The molecule has 0 radical (unpaired) electrons. The zero-order valence-electron chi connectivity index (χ0n) is 11.6. The van der Waals surface area contributed by atoms with Gasteiger partial charge in [-0.15, -0.1) is 11.3 Å². The number of nitrogens with one attached hydrogen (secondary N) is 1. The van der Waals surface area contributed by atoms with Crippen molar-refractivity contribution in [3.63, 3.8) is 0 Å². The van der Waals surface area contributed by atoms with E-state index in [4.69, 9.17) is 4.74 Å². The molecule has 23 heavy (non-hydrogen) atoms. The van der Waals surface area contributed by atoms with Crippen molar-refractivity contribution in [2.24, 2.45) is 0 Å². The number of rotatable bonds is 5. The van der Waals surface area contributed by atoms with Gasteiger partial charge in [-0.25, -0.2) is 19.3 Å². The van der Waals surface area contributed by atoms with Gasteiger partial charge in [0.2, 0.25) is 0 Å². The van der Waals surface area contributed by atoms with E-state index in [0.29, 0.717) is 16.6 Å². The van der Waals surface area contributed by atoms with Crippen LogP contribution in [0, 0.1) is 0 Å². The average Bonchev–Trinajstić information content (AvgIpc) is 3.03. The van der Waals surface area contributed by atoms with E-state index in [9.17, 15) is 9.18 Å². The minimum Gasteiger partial charge on any atom is -0.454 e. The standard InChI is InChI=1S/C14H10FN5O2S/c15-4-9-7-23-14(19-9)20-13(21)12-3-10(1-2-18-12)22-11-5-16-8-17-6-11/h1-3,5-8H,4H2,(H,19,20,21). The summed E-state index contributed by atoms with van der Waals surface area (Å²) < 4.78 is 18.0. The molecule has 0 spiro atoms. The van der Waals surface area contributed by atoms with Crippen LogP contribution in [0.1, 0.15) is 16.2 Å². The number of ether oxygens (including phenoxy) is 1. The highest BCUT2D eigenvalue weighted by Gasteiger charge is 2.12. The highest BCUT2D eigenvalue weighted by atomic mass is 32.1. The predicted molar refractivity (Wildman–Crippen MR) is 81.2 cm³/mol. The molecule has 1 amide bonds. The van der Waals surface area contributed by atoms with Gasteiger partial charge in [0.15, 0.2) is 10.9 Å². The molecule has 0 bridgehead atoms. The summed E-state index contributed by atoms with van der Waals surface area (Å²) in [4.78, 5) is 27.7. The molecule has 0 aromatic carbocycles. The number of aromatic nitrogens is 4. The van der Waals surface area contributed by atoms with E-state index in [-0.39, 0.29) is 11.4 Å². The average molecular weight is 331 g/mol. The number of hydrogen-bond acceptors (Lipinski definition) is 7. The van der Waals surface area contributed by atoms with E-state index in [1.54, 1.807) is 6.07 Å². The number of hydrogen-bond donors (Lipinski definition) is 1. The van der Waals surface area contributed by atoms with Gasteiger partial charge in [-0.3, -0.25) is 15.1 Å². The fourth-order valence-electron chi connectivity index (χ4n) is 1.66. The van der Waals surface area contributed by atoms with E-state index in [1.165, 1.54) is 36.4 Å². The Kier molecular flexibility index (Phi) is 4.48. The maximum Gasteiger partial charge on any atom is 0.276 e. The van der Waals surface area contributed by atoms with Crippen LogP contribution in [0.5, 0.6) is 11.5 Å². The van der Waals surface area contributed by atoms with Crippen molar-refractivity contribution < 1.29 is 13.9 Å². The number of pyridine rings is 1. The van der Waals surface area contributed by atoms with Gasteiger partial charge in [-0.2, -0.15) is 0 Å². The maximum atomic E-state index is 12.5. The molecule has 0 fully saturated rings. The molecular formula is C14H10FN5O2S. The van der Waals surface area contributed by atoms with E-state index in [0.717, 1.165) is 11.3 Å². The van der Waals surface area contributed by atoms with Gasteiger partial charge in [-0.1, -0.05) is 0 Å². The summed E-state index contributed by atoms with van der Waals surface area (Å²) in [6, 6.07) is 3.08. The lowest BCUT2D eigenvalue weighted by Gasteiger charge is -2.06. The van der Waals surface area contributed by atoms with Gasteiger partial charge in [0.05, 0.1) is 18.1 Å². The Bertz CT molecular complexity index is 812. The van der Waals surface area contributed by atoms with Crippen LogP contribution in [-0.4, -0.2) is 25.8 Å². The van der Waals surface area contributed by atoms with Gasteiger partial charge >= 0.3 is 0 Å². The predicted octanol–water partition coefficient (Wildman–Crippen LogP) is 2.84. The van der Waals surface area contributed by atoms with Crippen LogP contribution in [0.4, 0.5) is 9.52 Å². The number of alkyl halides is 1. The van der Waals surface area contributed by atoms with Crippen LogP contribution in [0.25, 0.3) is 0 Å². The first-order valence-corrected chi connectivity index (χ1v) is 7.33. The molecule has 0 aliphatic carbocycles. The second-order valence-corrected chi connectivity index (χ2v) is 5.14. The fourth-order valence-corrected chi connectivity index (χ4v) is 2.34. The lowest BCUT2D eigenvalue weighted by molar-refractivity contribution is 0.102. The Morgan fingerprint density at radius 3 is 2.87 bits per heavy atom. The summed E-state index contributed by atoms with van der Waals surface area (Å²) >= 11 is 1.15. The van der Waals surface area contributed by atoms with Gasteiger partial charge in [-0.05, 0) is 6.07 Å². The Morgan fingerprint density at radius 2 is 2.13 bits per heavy atom. The van der Waals surface area contributed by atoms with E-state index in [2.05, 4.69) is 25.3 Å². The number of nitrogens with zero attached hydrogens (tertiary/aromatic N) is 4. The summed E-state index contributed by atoms with van der Waals surface area (Å²) in [6.07, 6.45) is 5.84. The van der Waals surface area contributed by atoms with E-state index < -0.39 is 12.6 Å². The minimum atomic E-state index is -0.674. The molecule has 7 nitrogen and oxygen atoms in total.